The second-order valence-corrected chi connectivity index (χ2v) is 33.8. The fraction of sp³-hybridized carbons (Fsp3) is 0.468. The second-order valence-electron chi connectivity index (χ2n) is 31.7. The second kappa shape index (κ2) is 26.5. The third-order valence-corrected chi connectivity index (χ3v) is 27.2. The molecule has 6 amide bonds. The number of fused-ring (bicyclic) bond motifs is 12. The molecule has 4 aromatic carbocycles. The summed E-state index contributed by atoms with van der Waals surface area (Å²) in [4.78, 5) is 129. The van der Waals surface area contributed by atoms with Crippen molar-refractivity contribution in [3.8, 4) is 0 Å². The number of imidazole rings is 2. The Morgan fingerprint density at radius 2 is 1.14 bits per heavy atom. The van der Waals surface area contributed by atoms with Gasteiger partial charge >= 0.3 is 11.4 Å². The third-order valence-electron chi connectivity index (χ3n) is 24.9. The van der Waals surface area contributed by atoms with Gasteiger partial charge in [-0.15, -0.1) is 22.7 Å². The van der Waals surface area contributed by atoms with E-state index in [0.717, 1.165) is 197 Å². The summed E-state index contributed by atoms with van der Waals surface area (Å²) in [7, 11) is 3.48. The molecule has 8 aliphatic heterocycles. The van der Waals surface area contributed by atoms with Crippen molar-refractivity contribution in [1.82, 2.24) is 54.4 Å². The molecule has 6 aromatic heterocycles. The van der Waals surface area contributed by atoms with Crippen LogP contribution in [0.1, 0.15) is 115 Å². The Bertz CT molecular complexity index is 5510. The fourth-order valence-corrected chi connectivity index (χ4v) is 21.4. The largest absolute Gasteiger partial charge is 0.381 e. The quantitative estimate of drug-likeness (QED) is 0.0594. The highest BCUT2D eigenvalue weighted by Crippen LogP contribution is 2.53. The zero-order chi connectivity index (χ0) is 72.8. The van der Waals surface area contributed by atoms with Gasteiger partial charge in [-0.25, -0.2) is 19.6 Å². The molecule has 2 unspecified atom stereocenters. The Balaban J connectivity index is 0.487. The van der Waals surface area contributed by atoms with E-state index in [4.69, 9.17) is 14.7 Å². The molecule has 6 N–H and O–H groups in total. The van der Waals surface area contributed by atoms with Crippen molar-refractivity contribution in [2.24, 2.45) is 31.3 Å². The molecule has 14 heterocycles. The topological polar surface area (TPSA) is 280 Å². The van der Waals surface area contributed by atoms with Crippen LogP contribution in [-0.2, 0) is 44.4 Å². The molecule has 1 spiro atoms. The van der Waals surface area contributed by atoms with Crippen molar-refractivity contribution in [3.05, 3.63) is 115 Å². The van der Waals surface area contributed by atoms with Gasteiger partial charge in [0.25, 0.3) is 11.8 Å². The number of aryl methyl sites for hydroxylation is 2. The van der Waals surface area contributed by atoms with Crippen LogP contribution in [-0.4, -0.2) is 178 Å². The molecular weight excluding hydrogens is 1400 g/mol. The van der Waals surface area contributed by atoms with E-state index in [1.807, 2.05) is 31.2 Å². The average molecular weight is 1480 g/mol. The first-order valence-corrected chi connectivity index (χ1v) is 39.8. The molecule has 7 fully saturated rings. The van der Waals surface area contributed by atoms with E-state index >= 15 is 0 Å². The molecule has 10 aromatic rings. The SMILES string of the molecule is C[C@@H]1CNc2c(sc3cc(C[C@@H]4CNc5c(sc6ccc7nc(N8CCN(C[C@H]9C[C@]%10(CCN(c%11ccc%12c(c%11)n(C)c(=O)n%12C%11CCC(=O)NC%11=O)C%10)C9)CC8)ccc7c56)C(=O)N4)c4nc(N5CCC(COC6CCN(c7ccc8c(c7)n(C)c(=O)n8C7CCC(=O)NC7=O)CC6)CC5)ccc4c23)C(=O)N1. The fourth-order valence-electron chi connectivity index (χ4n) is 19.2. The zero-order valence-electron chi connectivity index (χ0n) is 60.3. The number of anilines is 6. The molecule has 26 nitrogen and oxygen atoms in total. The van der Waals surface area contributed by atoms with E-state index in [9.17, 15) is 38.4 Å². The highest BCUT2D eigenvalue weighted by Gasteiger charge is 2.49. The van der Waals surface area contributed by atoms with Crippen LogP contribution in [0.5, 0.6) is 0 Å². The first kappa shape index (κ1) is 67.7. The van der Waals surface area contributed by atoms with E-state index in [1.165, 1.54) is 40.1 Å². The highest BCUT2D eigenvalue weighted by atomic mass is 32.1. The van der Waals surface area contributed by atoms with E-state index in [2.05, 4.69) is 111 Å². The molecule has 9 aliphatic rings. The Kier molecular flexibility index (Phi) is 16.8. The van der Waals surface area contributed by atoms with Crippen molar-refractivity contribution in [3.63, 3.8) is 0 Å². The lowest BCUT2D eigenvalue weighted by Crippen LogP contribution is -2.51. The van der Waals surface area contributed by atoms with Gasteiger partial charge in [-0.1, -0.05) is 0 Å². The summed E-state index contributed by atoms with van der Waals surface area (Å²) < 4.78 is 15.0. The Labute approximate surface area is 623 Å². The molecule has 28 heteroatoms. The van der Waals surface area contributed by atoms with Gasteiger partial charge in [0, 0.05) is 167 Å². The van der Waals surface area contributed by atoms with Gasteiger partial charge < -0.3 is 45.6 Å². The van der Waals surface area contributed by atoms with Crippen LogP contribution in [0.2, 0.25) is 0 Å². The molecule has 19 rings (SSSR count). The number of amides is 6. The molecule has 0 radical (unpaired) electrons. The molecule has 1 saturated carbocycles. The van der Waals surface area contributed by atoms with E-state index in [0.29, 0.717) is 77.0 Å². The van der Waals surface area contributed by atoms with Crippen molar-refractivity contribution < 1.29 is 33.5 Å². The number of hydrogen-bond donors (Lipinski definition) is 6. The smallest absolute Gasteiger partial charge is 0.329 e. The maximum Gasteiger partial charge on any atom is 0.329 e. The molecule has 107 heavy (non-hydrogen) atoms. The minimum atomic E-state index is -0.724. The standard InChI is InChI=1S/C79H87N17O9S2/c1-43-38-80-70-67-52-7-15-63(92-23-18-44(19-24-92)41-105-50-20-25-91(26-21-50)48-4-9-54-58(34-48)88(2)77(103)95(54)56-11-16-64(97)86-73(56)99)85-68(52)46(33-61(67)107-71(70)75(101)82-43)32-47-39-81-69-66-51-6-14-62(84-53(51)8-13-60(66)106-72(69)76(102)83-47)93-30-28-90(29-31-93)40-45-36-79(37-45)22-27-94(42-79)49-5-10-55-59(35-49)89(3)78(104)96(55)57-12-17-65(98)87-74(57)100/h4-10,13-15,33-35,43-45,47,50,56-57,80-81H,11-12,16-32,36-42H2,1-3H3,(H,82,101)(H,83,102)(H,86,97,99)(H,87,98,100)/t43-,45-,47-,56?,57?,79+/m1/s1. The number of nitrogens with zero attached hydrogens (tertiary/aromatic N) is 11. The minimum Gasteiger partial charge on any atom is -0.381 e. The number of piperazine rings is 1. The van der Waals surface area contributed by atoms with Crippen LogP contribution >= 0.6 is 22.7 Å². The number of hydrogen-bond acceptors (Lipinski definition) is 20. The number of piperidine rings is 4. The summed E-state index contributed by atoms with van der Waals surface area (Å²) in [5, 5.41) is 22.8. The number of benzene rings is 4. The van der Waals surface area contributed by atoms with E-state index in [1.54, 1.807) is 27.8 Å². The first-order chi connectivity index (χ1) is 51.9. The maximum atomic E-state index is 14.6. The van der Waals surface area contributed by atoms with Gasteiger partial charge in [-0.05, 0) is 173 Å². The van der Waals surface area contributed by atoms with Gasteiger partial charge in [-0.3, -0.25) is 62.6 Å². The molecule has 1 aliphatic carbocycles. The van der Waals surface area contributed by atoms with Crippen LogP contribution < -0.4 is 62.9 Å². The molecule has 6 saturated heterocycles. The number of ether oxygens (including phenoxy) is 1. The van der Waals surface area contributed by atoms with E-state index < -0.39 is 23.9 Å². The van der Waals surface area contributed by atoms with Crippen LogP contribution in [0.25, 0.3) is 64.0 Å². The Morgan fingerprint density at radius 3 is 1.80 bits per heavy atom. The number of carbonyl (C=O) groups excluding carboxylic acids is 6. The number of imide groups is 2. The number of carbonyl (C=O) groups is 6. The number of thiophene rings is 2. The Morgan fingerprint density at radius 1 is 0.551 bits per heavy atom. The number of rotatable bonds is 13. The van der Waals surface area contributed by atoms with Gasteiger partial charge in [-0.2, -0.15) is 0 Å². The van der Waals surface area contributed by atoms with Crippen LogP contribution in [0, 0.1) is 17.3 Å². The van der Waals surface area contributed by atoms with Crippen LogP contribution in [0.4, 0.5) is 34.4 Å². The predicted molar refractivity (Wildman–Crippen MR) is 417 cm³/mol. The minimum absolute atomic E-state index is 0.0378. The molecular formula is C79H87N17O9S2. The third kappa shape index (κ3) is 11.9. The van der Waals surface area contributed by atoms with Gasteiger partial charge in [0.15, 0.2) is 0 Å². The van der Waals surface area contributed by atoms with Gasteiger partial charge in [0.2, 0.25) is 23.6 Å². The number of aromatic nitrogens is 6. The normalized spacial score (nSPS) is 24.3. The number of pyridine rings is 2. The summed E-state index contributed by atoms with van der Waals surface area (Å²) in [6.07, 6.45) is 8.94. The summed E-state index contributed by atoms with van der Waals surface area (Å²) in [5.74, 6) is 1.26. The lowest BCUT2D eigenvalue weighted by Gasteiger charge is -2.48. The highest BCUT2D eigenvalue weighted by molar-refractivity contribution is 7.22. The average Bonchev–Trinajstić information content (AvgIpc) is 2.21. The van der Waals surface area contributed by atoms with Crippen molar-refractivity contribution in [2.45, 2.75) is 114 Å². The lowest BCUT2D eigenvalue weighted by molar-refractivity contribution is -0.137. The summed E-state index contributed by atoms with van der Waals surface area (Å²) in [6, 6.07) is 25.4. The zero-order valence-corrected chi connectivity index (χ0v) is 62.0. The van der Waals surface area contributed by atoms with E-state index in [-0.39, 0.29) is 66.0 Å². The van der Waals surface area contributed by atoms with Gasteiger partial charge in [0.05, 0.1) is 56.6 Å². The van der Waals surface area contributed by atoms with Crippen molar-refractivity contribution in [2.75, 3.05) is 122 Å². The lowest BCUT2D eigenvalue weighted by atomic mass is 9.61. The van der Waals surface area contributed by atoms with Crippen molar-refractivity contribution >= 4 is 157 Å². The molecule has 4 atom stereocenters. The van der Waals surface area contributed by atoms with Crippen LogP contribution in [0.3, 0.4) is 0 Å². The maximum absolute atomic E-state index is 14.6. The summed E-state index contributed by atoms with van der Waals surface area (Å²) in [5.41, 5.74) is 9.27. The monoisotopic (exact) mass is 1480 g/mol. The van der Waals surface area contributed by atoms with Crippen LogP contribution in [0.15, 0.2) is 88.5 Å². The summed E-state index contributed by atoms with van der Waals surface area (Å²) in [6.45, 7) is 13.9. The predicted octanol–water partition coefficient (Wildman–Crippen LogP) is 8.12. The molecule has 0 bridgehead atoms. The Hall–Kier alpha value is -9.90. The summed E-state index contributed by atoms with van der Waals surface area (Å²) >= 11 is 3.01. The van der Waals surface area contributed by atoms with Crippen molar-refractivity contribution in [1.29, 1.82) is 0 Å². The molecule has 554 valence electrons. The number of nitrogens with one attached hydrogen (secondary N) is 6. The van der Waals surface area contributed by atoms with Gasteiger partial charge in [0.1, 0.15) is 33.5 Å². The first-order valence-electron chi connectivity index (χ1n) is 38.2.